The lowest BCUT2D eigenvalue weighted by Crippen LogP contribution is -2.14. The average Bonchev–Trinajstić information content (AvgIpc) is 2.99. The van der Waals surface area contributed by atoms with E-state index in [0.29, 0.717) is 10.6 Å². The third-order valence-electron chi connectivity index (χ3n) is 2.86. The predicted molar refractivity (Wildman–Crippen MR) is 85.1 cm³/mol. The maximum absolute atomic E-state index is 11.8. The van der Waals surface area contributed by atoms with Crippen LogP contribution < -0.4 is 10.2 Å². The normalized spacial score (nSPS) is 10.2. The molecular formula is C15H17N3O2S. The summed E-state index contributed by atoms with van der Waals surface area (Å²) in [6.07, 6.45) is 2.00. The van der Waals surface area contributed by atoms with Crippen molar-refractivity contribution < 1.29 is 9.59 Å². The molecule has 0 bridgehead atoms. The molecule has 0 radical (unpaired) electrons. The highest BCUT2D eigenvalue weighted by molar-refractivity contribution is 7.12. The number of amides is 1. The number of thiophene rings is 1. The summed E-state index contributed by atoms with van der Waals surface area (Å²) < 4.78 is 0. The Morgan fingerprint density at radius 1 is 1.24 bits per heavy atom. The summed E-state index contributed by atoms with van der Waals surface area (Å²) in [4.78, 5) is 30.4. The molecule has 6 heteroatoms. The van der Waals surface area contributed by atoms with E-state index in [1.54, 1.807) is 18.3 Å². The molecule has 0 aliphatic rings. The van der Waals surface area contributed by atoms with Gasteiger partial charge in [0.05, 0.1) is 16.8 Å². The molecule has 5 nitrogen and oxygen atoms in total. The second kappa shape index (κ2) is 6.99. The third kappa shape index (κ3) is 4.39. The molecule has 2 aromatic heterocycles. The van der Waals surface area contributed by atoms with Crippen molar-refractivity contribution in [1.82, 2.24) is 4.98 Å². The van der Waals surface area contributed by atoms with Crippen LogP contribution in [0.25, 0.3) is 0 Å². The largest absolute Gasteiger partial charge is 0.363 e. The van der Waals surface area contributed by atoms with Crippen molar-refractivity contribution in [2.75, 3.05) is 24.3 Å². The van der Waals surface area contributed by atoms with Gasteiger partial charge >= 0.3 is 0 Å². The van der Waals surface area contributed by atoms with Gasteiger partial charge in [-0.2, -0.15) is 0 Å². The van der Waals surface area contributed by atoms with E-state index in [1.807, 2.05) is 36.5 Å². The highest BCUT2D eigenvalue weighted by atomic mass is 32.1. The quantitative estimate of drug-likeness (QED) is 0.834. The Morgan fingerprint density at radius 3 is 2.62 bits per heavy atom. The van der Waals surface area contributed by atoms with E-state index in [9.17, 15) is 9.59 Å². The highest BCUT2D eigenvalue weighted by Gasteiger charge is 2.10. The van der Waals surface area contributed by atoms with Gasteiger partial charge in [-0.15, -0.1) is 11.3 Å². The second-order valence-corrected chi connectivity index (χ2v) is 5.70. The lowest BCUT2D eigenvalue weighted by molar-refractivity contribution is -0.116. The number of nitrogens with zero attached hydrogens (tertiary/aromatic N) is 2. The molecular weight excluding hydrogens is 286 g/mol. The van der Waals surface area contributed by atoms with Crippen molar-refractivity contribution in [3.05, 3.63) is 40.7 Å². The van der Waals surface area contributed by atoms with Crippen LogP contribution in [0.1, 0.15) is 22.5 Å². The van der Waals surface area contributed by atoms with Crippen LogP contribution in [0, 0.1) is 0 Å². The Balaban J connectivity index is 1.83. The van der Waals surface area contributed by atoms with Gasteiger partial charge < -0.3 is 10.2 Å². The van der Waals surface area contributed by atoms with Gasteiger partial charge in [0.2, 0.25) is 5.91 Å². The molecule has 0 aliphatic carbocycles. The SMILES string of the molecule is CN(C)c1ccc(NC(=O)CCC(=O)c2cccs2)cn1. The molecule has 2 heterocycles. The third-order valence-corrected chi connectivity index (χ3v) is 3.78. The molecule has 21 heavy (non-hydrogen) atoms. The van der Waals surface area contributed by atoms with Crippen LogP contribution in [-0.4, -0.2) is 30.8 Å². The number of hydrogen-bond donors (Lipinski definition) is 1. The van der Waals surface area contributed by atoms with Gasteiger partial charge in [0.15, 0.2) is 5.78 Å². The van der Waals surface area contributed by atoms with Crippen LogP contribution in [0.4, 0.5) is 11.5 Å². The zero-order chi connectivity index (χ0) is 15.2. The standard InChI is InChI=1S/C15H17N3O2S/c1-18(2)14-7-5-11(10-16-14)17-15(20)8-6-12(19)13-4-3-9-21-13/h3-5,7,9-10H,6,8H2,1-2H3,(H,17,20). The van der Waals surface area contributed by atoms with Crippen molar-refractivity contribution in [2.24, 2.45) is 0 Å². The Labute approximate surface area is 127 Å². The zero-order valence-electron chi connectivity index (χ0n) is 12.0. The van der Waals surface area contributed by atoms with Crippen LogP contribution in [0.3, 0.4) is 0 Å². The molecule has 2 aromatic rings. The van der Waals surface area contributed by atoms with E-state index in [-0.39, 0.29) is 24.5 Å². The number of nitrogens with one attached hydrogen (secondary N) is 1. The summed E-state index contributed by atoms with van der Waals surface area (Å²) in [5.74, 6) is 0.640. The minimum atomic E-state index is -0.181. The second-order valence-electron chi connectivity index (χ2n) is 4.75. The van der Waals surface area contributed by atoms with Gasteiger partial charge in [0, 0.05) is 26.9 Å². The van der Waals surface area contributed by atoms with Gasteiger partial charge in [0.25, 0.3) is 0 Å². The first-order valence-corrected chi connectivity index (χ1v) is 7.44. The fourth-order valence-electron chi connectivity index (χ4n) is 1.74. The maximum Gasteiger partial charge on any atom is 0.224 e. The Kier molecular flexibility index (Phi) is 5.05. The predicted octanol–water partition coefficient (Wildman–Crippen LogP) is 2.81. The molecule has 1 N–H and O–H groups in total. The number of rotatable bonds is 6. The number of ketones is 1. The molecule has 0 atom stereocenters. The number of Topliss-reactive ketones (excluding diaryl/α,β-unsaturated/α-hetero) is 1. The first-order chi connectivity index (χ1) is 10.1. The van der Waals surface area contributed by atoms with Crippen LogP contribution in [-0.2, 0) is 4.79 Å². The van der Waals surface area contributed by atoms with Crippen LogP contribution >= 0.6 is 11.3 Å². The van der Waals surface area contributed by atoms with E-state index in [2.05, 4.69) is 10.3 Å². The summed E-state index contributed by atoms with van der Waals surface area (Å²) >= 11 is 1.40. The number of carbonyl (C=O) groups is 2. The molecule has 1 amide bonds. The van der Waals surface area contributed by atoms with E-state index in [0.717, 1.165) is 5.82 Å². The Bertz CT molecular complexity index is 606. The molecule has 0 aliphatic heterocycles. The fraction of sp³-hybridized carbons (Fsp3) is 0.267. The van der Waals surface area contributed by atoms with Crippen molar-refractivity contribution >= 4 is 34.5 Å². The first-order valence-electron chi connectivity index (χ1n) is 6.56. The van der Waals surface area contributed by atoms with Crippen LogP contribution in [0.5, 0.6) is 0 Å². The van der Waals surface area contributed by atoms with E-state index >= 15 is 0 Å². The maximum atomic E-state index is 11.8. The van der Waals surface area contributed by atoms with Crippen molar-refractivity contribution in [1.29, 1.82) is 0 Å². The van der Waals surface area contributed by atoms with Crippen LogP contribution in [0.2, 0.25) is 0 Å². The summed E-state index contributed by atoms with van der Waals surface area (Å²) in [5.41, 5.74) is 0.633. The van der Waals surface area contributed by atoms with Gasteiger partial charge in [-0.3, -0.25) is 9.59 Å². The molecule has 0 fully saturated rings. The van der Waals surface area contributed by atoms with E-state index in [1.165, 1.54) is 11.3 Å². The topological polar surface area (TPSA) is 62.3 Å². The minimum absolute atomic E-state index is 0.00114. The Hall–Kier alpha value is -2.21. The number of pyridine rings is 1. The molecule has 0 spiro atoms. The molecule has 0 aromatic carbocycles. The fourth-order valence-corrected chi connectivity index (χ4v) is 2.43. The smallest absolute Gasteiger partial charge is 0.224 e. The number of carbonyl (C=O) groups excluding carboxylic acids is 2. The Morgan fingerprint density at radius 2 is 2.05 bits per heavy atom. The summed E-state index contributed by atoms with van der Waals surface area (Å²) in [7, 11) is 3.80. The van der Waals surface area contributed by atoms with E-state index < -0.39 is 0 Å². The van der Waals surface area contributed by atoms with E-state index in [4.69, 9.17) is 0 Å². The molecule has 0 unspecified atom stereocenters. The van der Waals surface area contributed by atoms with Gasteiger partial charge in [-0.1, -0.05) is 6.07 Å². The number of aromatic nitrogens is 1. The van der Waals surface area contributed by atoms with Gasteiger partial charge in [-0.05, 0) is 23.6 Å². The summed E-state index contributed by atoms with van der Waals surface area (Å²) in [5, 5.41) is 4.59. The molecule has 0 saturated heterocycles. The average molecular weight is 303 g/mol. The van der Waals surface area contributed by atoms with Crippen molar-refractivity contribution in [3.63, 3.8) is 0 Å². The highest BCUT2D eigenvalue weighted by Crippen LogP contribution is 2.14. The molecule has 0 saturated carbocycles. The lowest BCUT2D eigenvalue weighted by atomic mass is 10.2. The molecule has 2 rings (SSSR count). The van der Waals surface area contributed by atoms with Crippen molar-refractivity contribution in [2.45, 2.75) is 12.8 Å². The summed E-state index contributed by atoms with van der Waals surface area (Å²) in [6.45, 7) is 0. The van der Waals surface area contributed by atoms with Gasteiger partial charge in [0.1, 0.15) is 5.82 Å². The van der Waals surface area contributed by atoms with Crippen molar-refractivity contribution in [3.8, 4) is 0 Å². The first kappa shape index (κ1) is 15.2. The zero-order valence-corrected chi connectivity index (χ0v) is 12.8. The van der Waals surface area contributed by atoms with Gasteiger partial charge in [-0.25, -0.2) is 4.98 Å². The minimum Gasteiger partial charge on any atom is -0.363 e. The molecule has 110 valence electrons. The van der Waals surface area contributed by atoms with Crippen LogP contribution in [0.15, 0.2) is 35.8 Å². The number of anilines is 2. The summed E-state index contributed by atoms with van der Waals surface area (Å²) in [6, 6.07) is 7.22. The monoisotopic (exact) mass is 303 g/mol. The number of hydrogen-bond acceptors (Lipinski definition) is 5. The lowest BCUT2D eigenvalue weighted by Gasteiger charge is -2.11.